The maximum absolute atomic E-state index is 13.2. The third-order valence-corrected chi connectivity index (χ3v) is 7.69. The van der Waals surface area contributed by atoms with Gasteiger partial charge < -0.3 is 9.64 Å². The highest BCUT2D eigenvalue weighted by Gasteiger charge is 2.42. The van der Waals surface area contributed by atoms with Crippen LogP contribution in [0.15, 0.2) is 18.2 Å². The third-order valence-electron chi connectivity index (χ3n) is 7.69. The highest BCUT2D eigenvalue weighted by Crippen LogP contribution is 2.40. The fraction of sp³-hybridized carbons (Fsp3) is 0.708. The number of carbonyl (C=O) groups is 1. The number of fused-ring (bicyclic) bond motifs is 2. The van der Waals surface area contributed by atoms with E-state index in [0.29, 0.717) is 24.2 Å². The van der Waals surface area contributed by atoms with Crippen molar-refractivity contribution < 1.29 is 9.53 Å². The second-order valence-electron chi connectivity index (χ2n) is 9.43. The van der Waals surface area contributed by atoms with Crippen molar-refractivity contribution in [3.8, 4) is 5.75 Å². The minimum absolute atomic E-state index is 0.384. The van der Waals surface area contributed by atoms with Crippen molar-refractivity contribution in [2.75, 3.05) is 26.7 Å². The lowest BCUT2D eigenvalue weighted by Gasteiger charge is -2.47. The molecule has 5 rings (SSSR count). The second-order valence-corrected chi connectivity index (χ2v) is 9.43. The highest BCUT2D eigenvalue weighted by molar-refractivity contribution is 5.77. The molecule has 1 aromatic rings. The lowest BCUT2D eigenvalue weighted by Crippen LogP contribution is -2.55. The van der Waals surface area contributed by atoms with E-state index in [1.165, 1.54) is 56.2 Å². The van der Waals surface area contributed by atoms with Crippen LogP contribution in [0.2, 0.25) is 0 Å². The summed E-state index contributed by atoms with van der Waals surface area (Å²) in [5, 5.41) is 0. The Balaban J connectivity index is 1.23. The molecule has 0 radical (unpaired) electrons. The van der Waals surface area contributed by atoms with Gasteiger partial charge in [0.2, 0.25) is 5.91 Å². The van der Waals surface area contributed by atoms with Crippen molar-refractivity contribution in [3.05, 3.63) is 29.3 Å². The van der Waals surface area contributed by atoms with Gasteiger partial charge in [-0.15, -0.1) is 0 Å². The Kier molecular flexibility index (Phi) is 5.08. The van der Waals surface area contributed by atoms with Gasteiger partial charge in [0.15, 0.2) is 0 Å². The molecule has 28 heavy (non-hydrogen) atoms. The molecule has 2 aliphatic carbocycles. The first-order valence-electron chi connectivity index (χ1n) is 11.4. The first kappa shape index (κ1) is 18.5. The molecule has 2 heterocycles. The van der Waals surface area contributed by atoms with E-state index in [9.17, 15) is 4.79 Å². The van der Waals surface area contributed by atoms with Gasteiger partial charge in [-0.1, -0.05) is 6.07 Å². The number of ether oxygens (including phenoxy) is 1. The first-order valence-corrected chi connectivity index (χ1v) is 11.4. The number of likely N-dealkylation sites (tertiary alicyclic amines) is 2. The van der Waals surface area contributed by atoms with E-state index in [1.54, 1.807) is 7.11 Å². The number of methoxy groups -OCH3 is 1. The van der Waals surface area contributed by atoms with Crippen LogP contribution in [0.5, 0.6) is 5.75 Å². The van der Waals surface area contributed by atoms with Gasteiger partial charge in [-0.3, -0.25) is 9.69 Å². The van der Waals surface area contributed by atoms with Crippen molar-refractivity contribution in [1.29, 1.82) is 0 Å². The Morgan fingerprint density at radius 1 is 1.11 bits per heavy atom. The Hall–Kier alpha value is -1.55. The molecule has 0 spiro atoms. The summed E-state index contributed by atoms with van der Waals surface area (Å²) in [5.41, 5.74) is 2.77. The molecule has 1 amide bonds. The van der Waals surface area contributed by atoms with Crippen LogP contribution in [0.1, 0.15) is 68.4 Å². The van der Waals surface area contributed by atoms with E-state index >= 15 is 0 Å². The van der Waals surface area contributed by atoms with Gasteiger partial charge in [0.25, 0.3) is 0 Å². The zero-order chi connectivity index (χ0) is 19.1. The maximum Gasteiger partial charge on any atom is 0.223 e. The standard InChI is InChI=1S/C24H34N2O2/c1-28-21-9-10-22-17(14-21)4-2-5-18(22)15-24(27)25-13-11-23-19(16-25)6-3-12-26(23)20-7-8-20/h9-10,14,18-20,23H,2-8,11-13,15-16H2,1H3/t18-,19+,23+/m1/s1. The number of nitrogens with zero attached hydrogens (tertiary/aromatic N) is 2. The zero-order valence-corrected chi connectivity index (χ0v) is 17.2. The van der Waals surface area contributed by atoms with Crippen LogP contribution >= 0.6 is 0 Å². The number of amides is 1. The van der Waals surface area contributed by atoms with E-state index in [-0.39, 0.29) is 0 Å². The predicted octanol–water partition coefficient (Wildman–Crippen LogP) is 3.98. The summed E-state index contributed by atoms with van der Waals surface area (Å²) >= 11 is 0. The molecule has 0 N–H and O–H groups in total. The number of piperidine rings is 2. The summed E-state index contributed by atoms with van der Waals surface area (Å²) in [7, 11) is 1.73. The van der Waals surface area contributed by atoms with Crippen molar-refractivity contribution >= 4 is 5.91 Å². The van der Waals surface area contributed by atoms with Crippen molar-refractivity contribution in [2.24, 2.45) is 5.92 Å². The van der Waals surface area contributed by atoms with Gasteiger partial charge in [0.05, 0.1) is 7.11 Å². The highest BCUT2D eigenvalue weighted by atomic mass is 16.5. The van der Waals surface area contributed by atoms with Crippen molar-refractivity contribution in [2.45, 2.75) is 75.8 Å². The lowest BCUT2D eigenvalue weighted by atomic mass is 9.80. The molecule has 152 valence electrons. The molecule has 4 nitrogen and oxygen atoms in total. The number of hydrogen-bond acceptors (Lipinski definition) is 3. The van der Waals surface area contributed by atoms with Gasteiger partial charge in [-0.2, -0.15) is 0 Å². The van der Waals surface area contributed by atoms with Crippen LogP contribution in [-0.2, 0) is 11.2 Å². The molecule has 3 fully saturated rings. The molecule has 2 saturated heterocycles. The van der Waals surface area contributed by atoms with E-state index in [0.717, 1.165) is 43.8 Å². The molecule has 4 heteroatoms. The van der Waals surface area contributed by atoms with E-state index in [2.05, 4.69) is 28.0 Å². The fourth-order valence-electron chi connectivity index (χ4n) is 6.10. The van der Waals surface area contributed by atoms with Crippen LogP contribution in [0.25, 0.3) is 0 Å². The molecular formula is C24H34N2O2. The maximum atomic E-state index is 13.2. The molecule has 0 unspecified atom stereocenters. The van der Waals surface area contributed by atoms with Crippen LogP contribution in [-0.4, -0.2) is 54.5 Å². The zero-order valence-electron chi connectivity index (χ0n) is 17.2. The number of hydrogen-bond donors (Lipinski definition) is 0. The average Bonchev–Trinajstić information content (AvgIpc) is 3.58. The Bertz CT molecular complexity index is 729. The number of carbonyl (C=O) groups excluding carboxylic acids is 1. The SMILES string of the molecule is COc1ccc2c(c1)CCC[C@@H]2CC(=O)N1CC[C@H]2[C@@H](CCCN2C2CC2)C1. The number of rotatable bonds is 4. The van der Waals surface area contributed by atoms with Crippen LogP contribution < -0.4 is 4.74 Å². The summed E-state index contributed by atoms with van der Waals surface area (Å²) in [6.07, 6.45) is 10.7. The first-order chi connectivity index (χ1) is 13.7. The minimum atomic E-state index is 0.384. The summed E-state index contributed by atoms with van der Waals surface area (Å²) < 4.78 is 5.39. The van der Waals surface area contributed by atoms with Crippen LogP contribution in [0, 0.1) is 5.92 Å². The van der Waals surface area contributed by atoms with Gasteiger partial charge in [0.1, 0.15) is 5.75 Å². The largest absolute Gasteiger partial charge is 0.497 e. The summed E-state index contributed by atoms with van der Waals surface area (Å²) in [6, 6.07) is 8.04. The molecule has 0 aromatic heterocycles. The Morgan fingerprint density at radius 3 is 2.82 bits per heavy atom. The smallest absolute Gasteiger partial charge is 0.223 e. The van der Waals surface area contributed by atoms with Crippen molar-refractivity contribution in [3.63, 3.8) is 0 Å². The number of benzene rings is 1. The quantitative estimate of drug-likeness (QED) is 0.790. The summed E-state index contributed by atoms with van der Waals surface area (Å²) in [6.45, 7) is 3.25. The molecule has 1 saturated carbocycles. The predicted molar refractivity (Wildman–Crippen MR) is 111 cm³/mol. The van der Waals surface area contributed by atoms with Crippen LogP contribution in [0.3, 0.4) is 0 Å². The summed E-state index contributed by atoms with van der Waals surface area (Å²) in [4.78, 5) is 18.2. The molecule has 2 aliphatic heterocycles. The molecule has 4 aliphatic rings. The van der Waals surface area contributed by atoms with Crippen molar-refractivity contribution in [1.82, 2.24) is 9.80 Å². The van der Waals surface area contributed by atoms with Crippen LogP contribution in [0.4, 0.5) is 0 Å². The van der Waals surface area contributed by atoms with Gasteiger partial charge in [-0.05, 0) is 93.0 Å². The average molecular weight is 383 g/mol. The van der Waals surface area contributed by atoms with Gasteiger partial charge in [-0.25, -0.2) is 0 Å². The third kappa shape index (κ3) is 3.56. The fourth-order valence-corrected chi connectivity index (χ4v) is 6.10. The molecule has 3 atom stereocenters. The van der Waals surface area contributed by atoms with E-state index < -0.39 is 0 Å². The number of aryl methyl sites for hydroxylation is 1. The second kappa shape index (κ2) is 7.70. The summed E-state index contributed by atoms with van der Waals surface area (Å²) in [5.74, 6) is 2.41. The Labute approximate surface area is 169 Å². The normalized spacial score (nSPS) is 30.5. The molecule has 0 bridgehead atoms. The monoisotopic (exact) mass is 382 g/mol. The minimum Gasteiger partial charge on any atom is -0.497 e. The van der Waals surface area contributed by atoms with E-state index in [1.807, 2.05) is 0 Å². The topological polar surface area (TPSA) is 32.8 Å². The van der Waals surface area contributed by atoms with Gasteiger partial charge in [0, 0.05) is 31.6 Å². The molecular weight excluding hydrogens is 348 g/mol. The van der Waals surface area contributed by atoms with E-state index in [4.69, 9.17) is 4.74 Å². The molecule has 1 aromatic carbocycles. The Morgan fingerprint density at radius 2 is 2.00 bits per heavy atom. The lowest BCUT2D eigenvalue weighted by molar-refractivity contribution is -0.135. The van der Waals surface area contributed by atoms with Gasteiger partial charge >= 0.3 is 0 Å².